The van der Waals surface area contributed by atoms with E-state index in [0.717, 1.165) is 5.69 Å². The third-order valence-electron chi connectivity index (χ3n) is 1.94. The largest absolute Gasteiger partial charge is 0.475 e. The van der Waals surface area contributed by atoms with Crippen molar-refractivity contribution in [2.45, 2.75) is 12.5 Å². The van der Waals surface area contributed by atoms with E-state index in [1.54, 1.807) is 6.20 Å². The van der Waals surface area contributed by atoms with Crippen molar-refractivity contribution in [3.63, 3.8) is 0 Å². The number of H-pyrrole nitrogens is 1. The third-order valence-corrected chi connectivity index (χ3v) is 1.94. The van der Waals surface area contributed by atoms with Gasteiger partial charge in [-0.05, 0) is 5.16 Å². The number of carboxylic acids is 1. The molecular weight excluding hydrogens is 214 g/mol. The highest BCUT2D eigenvalue weighted by atomic mass is 16.5. The molecule has 0 unspecified atom stereocenters. The van der Waals surface area contributed by atoms with Gasteiger partial charge in [0.15, 0.2) is 0 Å². The van der Waals surface area contributed by atoms with Crippen LogP contribution in [-0.2, 0) is 6.42 Å². The minimum atomic E-state index is -1.25. The summed E-state index contributed by atoms with van der Waals surface area (Å²) >= 11 is 0. The Hall–Kier alpha value is -2.22. The highest BCUT2D eigenvalue weighted by molar-refractivity contribution is 5.82. The molecule has 0 aromatic carbocycles. The SMILES string of the molecule is N[C@H](Cc1cnc[nH]1)c1nc(C(=O)O)no1. The van der Waals surface area contributed by atoms with Crippen molar-refractivity contribution in [2.24, 2.45) is 5.73 Å². The Labute approximate surface area is 89.5 Å². The molecule has 0 saturated heterocycles. The van der Waals surface area contributed by atoms with Crippen LogP contribution in [0.2, 0.25) is 0 Å². The maximum Gasteiger partial charge on any atom is 0.377 e. The number of carboxylic acid groups (broad SMARTS) is 1. The van der Waals surface area contributed by atoms with E-state index in [4.69, 9.17) is 15.4 Å². The average molecular weight is 223 g/mol. The number of imidazole rings is 1. The van der Waals surface area contributed by atoms with Crippen molar-refractivity contribution in [2.75, 3.05) is 0 Å². The lowest BCUT2D eigenvalue weighted by molar-refractivity contribution is 0.0680. The Morgan fingerprint density at radius 2 is 2.50 bits per heavy atom. The monoisotopic (exact) mass is 223 g/mol. The Kier molecular flexibility index (Phi) is 2.64. The minimum Gasteiger partial charge on any atom is -0.475 e. The van der Waals surface area contributed by atoms with Crippen LogP contribution in [0.3, 0.4) is 0 Å². The molecule has 0 fully saturated rings. The fourth-order valence-electron chi connectivity index (χ4n) is 1.19. The normalized spacial score (nSPS) is 12.6. The molecule has 8 heteroatoms. The first-order valence-electron chi connectivity index (χ1n) is 4.46. The maximum atomic E-state index is 10.5. The summed E-state index contributed by atoms with van der Waals surface area (Å²) < 4.78 is 4.74. The van der Waals surface area contributed by atoms with Crippen LogP contribution in [0.25, 0.3) is 0 Å². The number of rotatable bonds is 4. The van der Waals surface area contributed by atoms with Gasteiger partial charge in [0.1, 0.15) is 0 Å². The molecule has 0 aliphatic rings. The van der Waals surface area contributed by atoms with Crippen molar-refractivity contribution in [1.82, 2.24) is 20.1 Å². The van der Waals surface area contributed by atoms with Gasteiger partial charge in [0.25, 0.3) is 5.82 Å². The van der Waals surface area contributed by atoms with Gasteiger partial charge in [-0.2, -0.15) is 4.98 Å². The number of hydrogen-bond acceptors (Lipinski definition) is 6. The molecule has 2 heterocycles. The second kappa shape index (κ2) is 4.11. The van der Waals surface area contributed by atoms with Gasteiger partial charge in [0.05, 0.1) is 12.4 Å². The van der Waals surface area contributed by atoms with Crippen LogP contribution in [0.5, 0.6) is 0 Å². The van der Waals surface area contributed by atoms with Gasteiger partial charge >= 0.3 is 5.97 Å². The summed E-state index contributed by atoms with van der Waals surface area (Å²) in [5, 5.41) is 11.9. The number of nitrogens with two attached hydrogens (primary N) is 1. The summed E-state index contributed by atoms with van der Waals surface area (Å²) in [5.41, 5.74) is 6.57. The summed E-state index contributed by atoms with van der Waals surface area (Å²) in [7, 11) is 0. The van der Waals surface area contributed by atoms with Crippen molar-refractivity contribution >= 4 is 5.97 Å². The van der Waals surface area contributed by atoms with Gasteiger partial charge in [-0.15, -0.1) is 0 Å². The van der Waals surface area contributed by atoms with Gasteiger partial charge in [-0.3, -0.25) is 0 Å². The van der Waals surface area contributed by atoms with Gasteiger partial charge < -0.3 is 20.3 Å². The van der Waals surface area contributed by atoms with E-state index in [2.05, 4.69) is 20.1 Å². The maximum absolute atomic E-state index is 10.5. The van der Waals surface area contributed by atoms with E-state index in [9.17, 15) is 4.79 Å². The zero-order valence-corrected chi connectivity index (χ0v) is 8.12. The Bertz CT molecular complexity index is 478. The fourth-order valence-corrected chi connectivity index (χ4v) is 1.19. The minimum absolute atomic E-state index is 0.0898. The summed E-state index contributed by atoms with van der Waals surface area (Å²) in [4.78, 5) is 20.9. The molecule has 1 atom stereocenters. The molecule has 16 heavy (non-hydrogen) atoms. The molecule has 2 aromatic rings. The zero-order valence-electron chi connectivity index (χ0n) is 8.12. The van der Waals surface area contributed by atoms with Gasteiger partial charge in [0, 0.05) is 18.3 Å². The van der Waals surface area contributed by atoms with Crippen molar-refractivity contribution < 1.29 is 14.4 Å². The van der Waals surface area contributed by atoms with Crippen LogP contribution < -0.4 is 5.73 Å². The number of aromatic nitrogens is 4. The first kappa shape index (κ1) is 10.3. The molecule has 0 spiro atoms. The number of carbonyl (C=O) groups is 1. The predicted molar refractivity (Wildman–Crippen MR) is 50.5 cm³/mol. The average Bonchev–Trinajstić information content (AvgIpc) is 2.86. The lowest BCUT2D eigenvalue weighted by Gasteiger charge is -2.03. The number of nitrogens with one attached hydrogen (secondary N) is 1. The standard InChI is InChI=1S/C8H9N5O3/c9-5(1-4-2-10-3-11-4)7-12-6(8(14)15)13-16-7/h2-3,5H,1,9H2,(H,10,11)(H,14,15)/t5-/m1/s1. The van der Waals surface area contributed by atoms with E-state index in [1.807, 2.05) is 0 Å². The summed E-state index contributed by atoms with van der Waals surface area (Å²) in [5.74, 6) is -1.55. The highest BCUT2D eigenvalue weighted by Crippen LogP contribution is 2.12. The van der Waals surface area contributed by atoms with Crippen LogP contribution in [0, 0.1) is 0 Å². The zero-order chi connectivity index (χ0) is 11.5. The number of nitrogens with zero attached hydrogens (tertiary/aromatic N) is 3. The second-order valence-corrected chi connectivity index (χ2v) is 3.15. The lowest BCUT2D eigenvalue weighted by Crippen LogP contribution is -2.14. The predicted octanol–water partition coefficient (Wildman–Crippen LogP) is -0.267. The molecule has 2 aromatic heterocycles. The molecule has 0 aliphatic heterocycles. The van der Waals surface area contributed by atoms with Crippen LogP contribution >= 0.6 is 0 Å². The van der Waals surface area contributed by atoms with E-state index < -0.39 is 17.8 Å². The van der Waals surface area contributed by atoms with Gasteiger partial charge in [-0.1, -0.05) is 0 Å². The summed E-state index contributed by atoms with van der Waals surface area (Å²) in [6, 6.07) is -0.555. The van der Waals surface area contributed by atoms with E-state index in [-0.39, 0.29) is 5.89 Å². The topological polar surface area (TPSA) is 131 Å². The van der Waals surface area contributed by atoms with Crippen molar-refractivity contribution in [3.8, 4) is 0 Å². The lowest BCUT2D eigenvalue weighted by atomic mass is 10.2. The molecule has 0 amide bonds. The van der Waals surface area contributed by atoms with Gasteiger partial charge in [-0.25, -0.2) is 9.78 Å². The summed E-state index contributed by atoms with van der Waals surface area (Å²) in [6.45, 7) is 0. The molecule has 2 rings (SSSR count). The first-order valence-corrected chi connectivity index (χ1v) is 4.46. The summed E-state index contributed by atoms with van der Waals surface area (Å²) in [6.07, 6.45) is 3.56. The molecule has 0 aliphatic carbocycles. The van der Waals surface area contributed by atoms with Crippen LogP contribution in [0.15, 0.2) is 17.0 Å². The van der Waals surface area contributed by atoms with E-state index in [1.165, 1.54) is 6.33 Å². The fraction of sp³-hybridized carbons (Fsp3) is 0.250. The Morgan fingerprint density at radius 1 is 1.69 bits per heavy atom. The Balaban J connectivity index is 2.08. The molecule has 84 valence electrons. The molecule has 0 saturated carbocycles. The molecule has 0 bridgehead atoms. The van der Waals surface area contributed by atoms with Crippen LogP contribution in [0.1, 0.15) is 28.2 Å². The first-order chi connectivity index (χ1) is 7.66. The number of hydrogen-bond donors (Lipinski definition) is 3. The quantitative estimate of drug-likeness (QED) is 0.650. The van der Waals surface area contributed by atoms with E-state index in [0.29, 0.717) is 6.42 Å². The molecular formula is C8H9N5O3. The molecule has 8 nitrogen and oxygen atoms in total. The van der Waals surface area contributed by atoms with Crippen LogP contribution in [0.4, 0.5) is 0 Å². The van der Waals surface area contributed by atoms with E-state index >= 15 is 0 Å². The molecule has 0 radical (unpaired) electrons. The van der Waals surface area contributed by atoms with Gasteiger partial charge in [0.2, 0.25) is 5.89 Å². The van der Waals surface area contributed by atoms with Crippen molar-refractivity contribution in [3.05, 3.63) is 29.9 Å². The second-order valence-electron chi connectivity index (χ2n) is 3.15. The van der Waals surface area contributed by atoms with Crippen LogP contribution in [-0.4, -0.2) is 31.2 Å². The smallest absolute Gasteiger partial charge is 0.377 e. The molecule has 4 N–H and O–H groups in total. The number of aromatic amines is 1. The Morgan fingerprint density at radius 3 is 3.06 bits per heavy atom. The van der Waals surface area contributed by atoms with Crippen molar-refractivity contribution in [1.29, 1.82) is 0 Å². The number of aromatic carboxylic acids is 1. The third kappa shape index (κ3) is 2.06. The highest BCUT2D eigenvalue weighted by Gasteiger charge is 2.18.